The van der Waals surface area contributed by atoms with Gasteiger partial charge in [-0.1, -0.05) is 28.8 Å². The van der Waals surface area contributed by atoms with Crippen LogP contribution in [-0.2, 0) is 0 Å². The molecule has 2 rings (SSSR count). The minimum absolute atomic E-state index is 0.111. The Morgan fingerprint density at radius 1 is 1.44 bits per heavy atom. The third-order valence-electron chi connectivity index (χ3n) is 3.55. The predicted molar refractivity (Wildman–Crippen MR) is 74.6 cm³/mol. The Morgan fingerprint density at radius 3 is 2.72 bits per heavy atom. The number of aliphatic hydroxyl groups is 1. The van der Waals surface area contributed by atoms with Crippen molar-refractivity contribution in [3.63, 3.8) is 0 Å². The van der Waals surface area contributed by atoms with Crippen molar-refractivity contribution in [1.29, 1.82) is 0 Å². The van der Waals surface area contributed by atoms with Crippen LogP contribution in [0.1, 0.15) is 41.6 Å². The van der Waals surface area contributed by atoms with Crippen LogP contribution in [0.2, 0.25) is 0 Å². The normalized spacial score (nSPS) is 17.7. The molecule has 98 valence electrons. The Hall–Kier alpha value is -0.870. The van der Waals surface area contributed by atoms with Gasteiger partial charge in [-0.3, -0.25) is 4.79 Å². The first kappa shape index (κ1) is 13.6. The van der Waals surface area contributed by atoms with Crippen LogP contribution in [0, 0.1) is 6.92 Å². The lowest BCUT2D eigenvalue weighted by atomic mass is 10.0. The molecule has 1 aliphatic rings. The maximum atomic E-state index is 12.0. The van der Waals surface area contributed by atoms with E-state index >= 15 is 0 Å². The van der Waals surface area contributed by atoms with Gasteiger partial charge in [-0.05, 0) is 43.5 Å². The highest BCUT2D eigenvalue weighted by Gasteiger charge is 2.31. The number of hydrogen-bond donors (Lipinski definition) is 2. The van der Waals surface area contributed by atoms with Crippen molar-refractivity contribution in [3.8, 4) is 0 Å². The molecule has 0 bridgehead atoms. The molecule has 0 aromatic heterocycles. The first-order chi connectivity index (χ1) is 8.50. The molecule has 1 amide bonds. The number of carbonyl (C=O) groups excluding carboxylic acids is 1. The van der Waals surface area contributed by atoms with Crippen molar-refractivity contribution in [3.05, 3.63) is 33.8 Å². The molecule has 0 spiro atoms. The molecule has 0 heterocycles. The van der Waals surface area contributed by atoms with Crippen LogP contribution in [0.3, 0.4) is 0 Å². The van der Waals surface area contributed by atoms with Gasteiger partial charge in [0.25, 0.3) is 5.91 Å². The molecule has 1 aliphatic carbocycles. The Balaban J connectivity index is 1.99. The van der Waals surface area contributed by atoms with Crippen LogP contribution >= 0.6 is 15.9 Å². The van der Waals surface area contributed by atoms with Gasteiger partial charge >= 0.3 is 0 Å². The second kappa shape index (κ2) is 5.41. The smallest absolute Gasteiger partial charge is 0.251 e. The summed E-state index contributed by atoms with van der Waals surface area (Å²) in [5, 5.41) is 13.0. The van der Waals surface area contributed by atoms with E-state index < -0.39 is 5.60 Å². The molecule has 18 heavy (non-hydrogen) atoms. The maximum Gasteiger partial charge on any atom is 0.251 e. The minimum atomic E-state index is -0.696. The summed E-state index contributed by atoms with van der Waals surface area (Å²) in [7, 11) is 0. The van der Waals surface area contributed by atoms with Crippen molar-refractivity contribution in [1.82, 2.24) is 5.32 Å². The summed E-state index contributed by atoms with van der Waals surface area (Å²) >= 11 is 3.38. The van der Waals surface area contributed by atoms with Crippen LogP contribution in [0.15, 0.2) is 22.7 Å². The summed E-state index contributed by atoms with van der Waals surface area (Å²) in [6.45, 7) is 2.26. The Kier molecular flexibility index (Phi) is 4.07. The lowest BCUT2D eigenvalue weighted by Crippen LogP contribution is -2.40. The van der Waals surface area contributed by atoms with E-state index in [4.69, 9.17) is 0 Å². The third-order valence-corrected chi connectivity index (χ3v) is 4.04. The highest BCUT2D eigenvalue weighted by atomic mass is 79.9. The van der Waals surface area contributed by atoms with E-state index in [-0.39, 0.29) is 5.91 Å². The van der Waals surface area contributed by atoms with E-state index in [1.807, 2.05) is 19.1 Å². The first-order valence-corrected chi connectivity index (χ1v) is 7.06. The number of nitrogens with one attached hydrogen (secondary N) is 1. The van der Waals surface area contributed by atoms with E-state index in [0.29, 0.717) is 12.1 Å². The van der Waals surface area contributed by atoms with Gasteiger partial charge in [0.1, 0.15) is 0 Å². The molecule has 0 saturated heterocycles. The summed E-state index contributed by atoms with van der Waals surface area (Å²) < 4.78 is 0.964. The molecule has 0 aliphatic heterocycles. The molecule has 1 aromatic carbocycles. The summed E-state index contributed by atoms with van der Waals surface area (Å²) in [4.78, 5) is 12.0. The number of amides is 1. The zero-order valence-corrected chi connectivity index (χ0v) is 12.1. The molecular formula is C14H18BrNO2. The molecule has 0 atom stereocenters. The van der Waals surface area contributed by atoms with Gasteiger partial charge in [-0.25, -0.2) is 0 Å². The van der Waals surface area contributed by atoms with Crippen LogP contribution in [0.5, 0.6) is 0 Å². The average molecular weight is 312 g/mol. The minimum Gasteiger partial charge on any atom is -0.388 e. The highest BCUT2D eigenvalue weighted by Crippen LogP contribution is 2.28. The summed E-state index contributed by atoms with van der Waals surface area (Å²) in [6.07, 6.45) is 3.66. The molecule has 4 heteroatoms. The number of hydrogen-bond acceptors (Lipinski definition) is 2. The SMILES string of the molecule is Cc1cc(Br)ccc1C(=O)NCC1(O)CCCC1. The molecule has 1 saturated carbocycles. The predicted octanol–water partition coefficient (Wildman–Crippen LogP) is 2.79. The summed E-state index contributed by atoms with van der Waals surface area (Å²) in [5.41, 5.74) is 0.902. The van der Waals surface area contributed by atoms with Crippen molar-refractivity contribution >= 4 is 21.8 Å². The number of rotatable bonds is 3. The number of benzene rings is 1. The van der Waals surface area contributed by atoms with Gasteiger partial charge in [-0.2, -0.15) is 0 Å². The van der Waals surface area contributed by atoms with E-state index in [1.54, 1.807) is 6.07 Å². The number of halogens is 1. The van der Waals surface area contributed by atoms with Crippen LogP contribution in [-0.4, -0.2) is 23.2 Å². The largest absolute Gasteiger partial charge is 0.388 e. The Labute approximate surface area is 116 Å². The molecule has 2 N–H and O–H groups in total. The Morgan fingerprint density at radius 2 is 2.11 bits per heavy atom. The number of carbonyl (C=O) groups is 1. The topological polar surface area (TPSA) is 49.3 Å². The number of aryl methyl sites for hydroxylation is 1. The molecule has 0 radical (unpaired) electrons. The van der Waals surface area contributed by atoms with Crippen molar-refractivity contribution in [2.75, 3.05) is 6.54 Å². The molecule has 0 unspecified atom stereocenters. The van der Waals surface area contributed by atoms with Crippen molar-refractivity contribution < 1.29 is 9.90 Å². The van der Waals surface area contributed by atoms with Crippen LogP contribution < -0.4 is 5.32 Å². The second-order valence-corrected chi connectivity index (χ2v) is 5.99. The van der Waals surface area contributed by atoms with E-state index in [9.17, 15) is 9.90 Å². The molecular weight excluding hydrogens is 294 g/mol. The summed E-state index contributed by atoms with van der Waals surface area (Å²) in [6, 6.07) is 5.57. The van der Waals surface area contributed by atoms with Crippen LogP contribution in [0.25, 0.3) is 0 Å². The molecule has 3 nitrogen and oxygen atoms in total. The summed E-state index contributed by atoms with van der Waals surface area (Å²) in [5.74, 6) is -0.111. The molecule has 1 aromatic rings. The third kappa shape index (κ3) is 3.12. The zero-order valence-electron chi connectivity index (χ0n) is 10.5. The van der Waals surface area contributed by atoms with E-state index in [0.717, 1.165) is 35.7 Å². The van der Waals surface area contributed by atoms with Crippen LogP contribution in [0.4, 0.5) is 0 Å². The highest BCUT2D eigenvalue weighted by molar-refractivity contribution is 9.10. The van der Waals surface area contributed by atoms with Crippen molar-refractivity contribution in [2.45, 2.75) is 38.2 Å². The first-order valence-electron chi connectivity index (χ1n) is 6.27. The standard InChI is InChI=1S/C14H18BrNO2/c1-10-8-11(15)4-5-12(10)13(17)16-9-14(18)6-2-3-7-14/h4-5,8,18H,2-3,6-7,9H2,1H3,(H,16,17). The fourth-order valence-electron chi connectivity index (χ4n) is 2.43. The second-order valence-electron chi connectivity index (χ2n) is 5.07. The molecule has 1 fully saturated rings. The lowest BCUT2D eigenvalue weighted by molar-refractivity contribution is 0.0449. The fraction of sp³-hybridized carbons (Fsp3) is 0.500. The maximum absolute atomic E-state index is 12.0. The monoisotopic (exact) mass is 311 g/mol. The van der Waals surface area contributed by atoms with Gasteiger partial charge in [-0.15, -0.1) is 0 Å². The van der Waals surface area contributed by atoms with Crippen molar-refractivity contribution in [2.24, 2.45) is 0 Å². The lowest BCUT2D eigenvalue weighted by Gasteiger charge is -2.22. The van der Waals surface area contributed by atoms with Gasteiger partial charge < -0.3 is 10.4 Å². The quantitative estimate of drug-likeness (QED) is 0.902. The zero-order chi connectivity index (χ0) is 13.2. The van der Waals surface area contributed by atoms with Gasteiger partial charge in [0.2, 0.25) is 0 Å². The van der Waals surface area contributed by atoms with E-state index in [2.05, 4.69) is 21.2 Å². The fourth-order valence-corrected chi connectivity index (χ4v) is 2.91. The van der Waals surface area contributed by atoms with E-state index in [1.165, 1.54) is 0 Å². The van der Waals surface area contributed by atoms with Gasteiger partial charge in [0.15, 0.2) is 0 Å². The average Bonchev–Trinajstić information content (AvgIpc) is 2.74. The Bertz CT molecular complexity index is 453. The van der Waals surface area contributed by atoms with Gasteiger partial charge in [0, 0.05) is 16.6 Å². The van der Waals surface area contributed by atoms with Gasteiger partial charge in [0.05, 0.1) is 5.60 Å².